The maximum atomic E-state index is 13.4. The summed E-state index contributed by atoms with van der Waals surface area (Å²) in [6.45, 7) is 11.6. The maximum absolute atomic E-state index is 13.4. The van der Waals surface area contributed by atoms with Crippen molar-refractivity contribution in [2.75, 3.05) is 13.2 Å². The number of ether oxygens (including phenoxy) is 2. The van der Waals surface area contributed by atoms with Crippen molar-refractivity contribution in [2.45, 2.75) is 59.0 Å². The lowest BCUT2D eigenvalue weighted by Gasteiger charge is -2.27. The predicted octanol–water partition coefficient (Wildman–Crippen LogP) is 6.79. The molecule has 3 aromatic rings. The zero-order valence-corrected chi connectivity index (χ0v) is 23.4. The molecule has 0 saturated carbocycles. The van der Waals surface area contributed by atoms with E-state index >= 15 is 0 Å². The van der Waals surface area contributed by atoms with E-state index < -0.39 is 17.7 Å². The van der Waals surface area contributed by atoms with Gasteiger partial charge in [0, 0.05) is 12.1 Å². The molecule has 6 heteroatoms. The van der Waals surface area contributed by atoms with Crippen LogP contribution in [0.5, 0.6) is 11.5 Å². The predicted molar refractivity (Wildman–Crippen MR) is 153 cm³/mol. The summed E-state index contributed by atoms with van der Waals surface area (Å²) in [5, 5.41) is 11.4. The van der Waals surface area contributed by atoms with Crippen LogP contribution in [0.25, 0.3) is 5.76 Å². The first-order valence-corrected chi connectivity index (χ1v) is 13.5. The van der Waals surface area contributed by atoms with E-state index in [1.54, 1.807) is 24.3 Å². The Morgan fingerprint density at radius 1 is 0.897 bits per heavy atom. The summed E-state index contributed by atoms with van der Waals surface area (Å²) in [6, 6.07) is 21.6. The lowest BCUT2D eigenvalue weighted by atomic mass is 9.85. The summed E-state index contributed by atoms with van der Waals surface area (Å²) >= 11 is 0. The number of carbonyl (C=O) groups is 2. The van der Waals surface area contributed by atoms with Crippen molar-refractivity contribution < 1.29 is 24.2 Å². The maximum Gasteiger partial charge on any atom is 0.295 e. The summed E-state index contributed by atoms with van der Waals surface area (Å²) in [7, 11) is 0. The van der Waals surface area contributed by atoms with Gasteiger partial charge in [-0.25, -0.2) is 0 Å². The summed E-state index contributed by atoms with van der Waals surface area (Å²) in [5.74, 6) is -0.179. The number of likely N-dealkylation sites (tertiary alicyclic amines) is 1. The molecule has 1 heterocycles. The van der Waals surface area contributed by atoms with Crippen LogP contribution in [0.2, 0.25) is 0 Å². The average molecular weight is 528 g/mol. The van der Waals surface area contributed by atoms with E-state index in [0.29, 0.717) is 30.3 Å². The molecule has 0 radical (unpaired) electrons. The molecule has 1 aliphatic heterocycles. The number of aliphatic hydroxyl groups excluding tert-OH is 1. The van der Waals surface area contributed by atoms with Crippen molar-refractivity contribution in [3.05, 3.63) is 101 Å². The topological polar surface area (TPSA) is 76.1 Å². The molecule has 1 aliphatic rings. The van der Waals surface area contributed by atoms with Crippen molar-refractivity contribution in [3.63, 3.8) is 0 Å². The Hall–Kier alpha value is -4.06. The zero-order chi connectivity index (χ0) is 28.2. The van der Waals surface area contributed by atoms with Gasteiger partial charge in [0.25, 0.3) is 11.7 Å². The van der Waals surface area contributed by atoms with Crippen LogP contribution in [-0.2, 0) is 21.5 Å². The van der Waals surface area contributed by atoms with Crippen LogP contribution in [0, 0.1) is 0 Å². The van der Waals surface area contributed by atoms with Crippen molar-refractivity contribution in [1.82, 2.24) is 4.90 Å². The number of nitrogens with zero attached hydrogens (tertiary/aromatic N) is 1. The number of benzene rings is 3. The summed E-state index contributed by atoms with van der Waals surface area (Å²) < 4.78 is 11.3. The summed E-state index contributed by atoms with van der Waals surface area (Å²) in [6.07, 6.45) is 0.882. The minimum absolute atomic E-state index is 0.0539. The number of carbonyl (C=O) groups excluding carboxylic acids is 2. The number of ketones is 1. The van der Waals surface area contributed by atoms with E-state index in [4.69, 9.17) is 9.47 Å². The molecular weight excluding hydrogens is 490 g/mol. The van der Waals surface area contributed by atoms with Gasteiger partial charge in [0.15, 0.2) is 0 Å². The van der Waals surface area contributed by atoms with Gasteiger partial charge in [-0.3, -0.25) is 9.59 Å². The van der Waals surface area contributed by atoms with E-state index in [1.165, 1.54) is 4.90 Å². The molecule has 0 aromatic heterocycles. The van der Waals surface area contributed by atoms with E-state index in [9.17, 15) is 14.7 Å². The third-order valence-corrected chi connectivity index (χ3v) is 6.80. The first-order chi connectivity index (χ1) is 18.6. The minimum atomic E-state index is -0.745. The Morgan fingerprint density at radius 3 is 2.21 bits per heavy atom. The molecule has 4 rings (SSSR count). The van der Waals surface area contributed by atoms with Gasteiger partial charge in [-0.05, 0) is 71.8 Å². The second-order valence-electron chi connectivity index (χ2n) is 10.8. The molecule has 1 atom stereocenters. The van der Waals surface area contributed by atoms with Crippen LogP contribution >= 0.6 is 0 Å². The van der Waals surface area contributed by atoms with Gasteiger partial charge in [0.05, 0.1) is 24.8 Å². The van der Waals surface area contributed by atoms with Gasteiger partial charge in [0.1, 0.15) is 17.3 Å². The average Bonchev–Trinajstić information content (AvgIpc) is 3.16. The molecule has 1 unspecified atom stereocenters. The van der Waals surface area contributed by atoms with Crippen LogP contribution in [0.1, 0.15) is 69.3 Å². The van der Waals surface area contributed by atoms with Crippen LogP contribution < -0.4 is 9.47 Å². The van der Waals surface area contributed by atoms with Crippen LogP contribution in [-0.4, -0.2) is 34.9 Å². The Balaban J connectivity index is 1.79. The SMILES string of the molecule is CCCOc1ccc(/C(O)=C2/C(=O)C(=O)N(Cc3cccc(OCC)c3)C2c2ccc(C(C)(C)C)cc2)cc1. The largest absolute Gasteiger partial charge is 0.507 e. The first kappa shape index (κ1) is 28.0. The summed E-state index contributed by atoms with van der Waals surface area (Å²) in [5.41, 5.74) is 3.19. The Morgan fingerprint density at radius 2 is 1.59 bits per heavy atom. The fourth-order valence-electron chi connectivity index (χ4n) is 4.74. The highest BCUT2D eigenvalue weighted by Crippen LogP contribution is 2.41. The molecule has 0 aliphatic carbocycles. The number of rotatable bonds is 9. The van der Waals surface area contributed by atoms with Gasteiger partial charge < -0.3 is 19.5 Å². The first-order valence-electron chi connectivity index (χ1n) is 13.5. The van der Waals surface area contributed by atoms with Crippen molar-refractivity contribution in [2.24, 2.45) is 0 Å². The third-order valence-electron chi connectivity index (χ3n) is 6.80. The quantitative estimate of drug-likeness (QED) is 0.188. The lowest BCUT2D eigenvalue weighted by molar-refractivity contribution is -0.140. The van der Waals surface area contributed by atoms with Crippen molar-refractivity contribution >= 4 is 17.4 Å². The van der Waals surface area contributed by atoms with Crippen molar-refractivity contribution in [1.29, 1.82) is 0 Å². The van der Waals surface area contributed by atoms with Gasteiger partial charge >= 0.3 is 0 Å². The summed E-state index contributed by atoms with van der Waals surface area (Å²) in [4.78, 5) is 28.4. The van der Waals surface area contributed by atoms with Gasteiger partial charge in [-0.2, -0.15) is 0 Å². The highest BCUT2D eigenvalue weighted by atomic mass is 16.5. The smallest absolute Gasteiger partial charge is 0.295 e. The number of hydrogen-bond acceptors (Lipinski definition) is 5. The molecule has 6 nitrogen and oxygen atoms in total. The normalized spacial score (nSPS) is 16.9. The molecule has 1 fully saturated rings. The number of aliphatic hydroxyl groups is 1. The van der Waals surface area contributed by atoms with Gasteiger partial charge in [-0.15, -0.1) is 0 Å². The second kappa shape index (κ2) is 11.8. The molecule has 1 amide bonds. The standard InChI is InChI=1S/C33H37NO5/c1-6-19-39-26-17-13-24(14-18-26)30(35)28-29(23-11-15-25(16-12-23)33(3,4)5)34(32(37)31(28)36)21-22-9-8-10-27(20-22)38-7-2/h8-18,20,29,35H,6-7,19,21H2,1-5H3/b30-28-. The number of amides is 1. The minimum Gasteiger partial charge on any atom is -0.507 e. The molecular formula is C33H37NO5. The highest BCUT2D eigenvalue weighted by Gasteiger charge is 2.46. The lowest BCUT2D eigenvalue weighted by Crippen LogP contribution is -2.29. The fourth-order valence-corrected chi connectivity index (χ4v) is 4.74. The second-order valence-corrected chi connectivity index (χ2v) is 10.8. The fraction of sp³-hybridized carbons (Fsp3) is 0.333. The van der Waals surface area contributed by atoms with Gasteiger partial charge in [0.2, 0.25) is 0 Å². The number of Topliss-reactive ketones (excluding diaryl/α,β-unsaturated/α-hetero) is 1. The van der Waals surface area contributed by atoms with Crippen LogP contribution in [0.4, 0.5) is 0 Å². The van der Waals surface area contributed by atoms with E-state index in [2.05, 4.69) is 20.8 Å². The zero-order valence-electron chi connectivity index (χ0n) is 23.4. The van der Waals surface area contributed by atoms with E-state index in [0.717, 1.165) is 23.1 Å². The molecule has 0 bridgehead atoms. The molecule has 1 N–H and O–H groups in total. The molecule has 204 valence electrons. The van der Waals surface area contributed by atoms with Crippen molar-refractivity contribution in [3.8, 4) is 11.5 Å². The van der Waals surface area contributed by atoms with E-state index in [-0.39, 0.29) is 23.3 Å². The Bertz CT molecular complexity index is 1350. The van der Waals surface area contributed by atoms with Crippen LogP contribution in [0.15, 0.2) is 78.4 Å². The molecule has 1 saturated heterocycles. The third kappa shape index (κ3) is 6.17. The molecule has 3 aromatic carbocycles. The highest BCUT2D eigenvalue weighted by molar-refractivity contribution is 6.46. The Labute approximate surface area is 230 Å². The van der Waals surface area contributed by atoms with E-state index in [1.807, 2.05) is 62.4 Å². The van der Waals surface area contributed by atoms with Crippen LogP contribution in [0.3, 0.4) is 0 Å². The number of hydrogen-bond donors (Lipinski definition) is 1. The van der Waals surface area contributed by atoms with Gasteiger partial charge in [-0.1, -0.05) is 64.1 Å². The monoisotopic (exact) mass is 527 g/mol. The molecule has 39 heavy (non-hydrogen) atoms. The molecule has 0 spiro atoms. The Kier molecular flexibility index (Phi) is 8.44.